The molecule has 210 valence electrons. The summed E-state index contributed by atoms with van der Waals surface area (Å²) in [7, 11) is 0.540. The molecule has 0 aliphatic rings. The number of hydrogen-bond acceptors (Lipinski definition) is 9. The summed E-state index contributed by atoms with van der Waals surface area (Å²) in [6.45, 7) is 3.07. The third-order valence-electron chi connectivity index (χ3n) is 5.10. The molecular formula is C23H48NO10P. The summed E-state index contributed by atoms with van der Waals surface area (Å²) in [5, 5.41) is 2.78. The van der Waals surface area contributed by atoms with E-state index in [2.05, 4.69) is 9.84 Å². The fourth-order valence-electron chi connectivity index (χ4n) is 3.08. The largest absolute Gasteiger partial charge is 0.471 e. The molecule has 35 heavy (non-hydrogen) atoms. The molecule has 0 saturated heterocycles. The van der Waals surface area contributed by atoms with Crippen LogP contribution < -0.4 is 5.32 Å². The van der Waals surface area contributed by atoms with Gasteiger partial charge in [-0.25, -0.2) is 9.36 Å². The van der Waals surface area contributed by atoms with Crippen molar-refractivity contribution in [3.05, 3.63) is 0 Å². The first-order valence-electron chi connectivity index (χ1n) is 12.6. The van der Waals surface area contributed by atoms with E-state index >= 15 is 0 Å². The molecule has 0 saturated carbocycles. The summed E-state index contributed by atoms with van der Waals surface area (Å²) < 4.78 is 46.5. The van der Waals surface area contributed by atoms with Crippen molar-refractivity contribution < 1.29 is 47.0 Å². The maximum absolute atomic E-state index is 11.9. The number of rotatable bonds is 26. The van der Waals surface area contributed by atoms with Gasteiger partial charge in [-0.05, 0) is 12.8 Å². The number of alkyl carbamates (subject to hydrolysis) is 1. The van der Waals surface area contributed by atoms with Crippen LogP contribution in [0.25, 0.3) is 0 Å². The number of carbonyl (C=O) groups excluding carboxylic acids is 1. The molecule has 2 N–H and O–H groups in total. The van der Waals surface area contributed by atoms with Crippen LogP contribution in [0.5, 0.6) is 0 Å². The molecule has 1 amide bonds. The van der Waals surface area contributed by atoms with Gasteiger partial charge in [0.1, 0.15) is 12.7 Å². The van der Waals surface area contributed by atoms with Crippen molar-refractivity contribution in [1.82, 2.24) is 5.32 Å². The van der Waals surface area contributed by atoms with E-state index in [1.165, 1.54) is 19.3 Å². The van der Waals surface area contributed by atoms with Gasteiger partial charge >= 0.3 is 13.9 Å². The van der Waals surface area contributed by atoms with Crippen LogP contribution >= 0.6 is 7.82 Å². The summed E-state index contributed by atoms with van der Waals surface area (Å²) in [5.74, 6) is 0. The number of ether oxygens (including phenoxy) is 5. The number of nitrogens with one attached hydrogen (secondary N) is 1. The minimum absolute atomic E-state index is 0.116. The third-order valence-corrected chi connectivity index (χ3v) is 6.07. The second kappa shape index (κ2) is 24.9. The Morgan fingerprint density at radius 2 is 1.34 bits per heavy atom. The van der Waals surface area contributed by atoms with E-state index in [-0.39, 0.29) is 19.3 Å². The van der Waals surface area contributed by atoms with Crippen LogP contribution in [-0.4, -0.2) is 91.2 Å². The highest BCUT2D eigenvalue weighted by Crippen LogP contribution is 2.41. The average molecular weight is 530 g/mol. The molecule has 0 spiro atoms. The van der Waals surface area contributed by atoms with Gasteiger partial charge in [0.2, 0.25) is 0 Å². The molecule has 0 aromatic rings. The van der Waals surface area contributed by atoms with E-state index in [0.717, 1.165) is 52.1 Å². The van der Waals surface area contributed by atoms with Crippen LogP contribution in [0.4, 0.5) is 4.79 Å². The normalized spacial score (nSPS) is 13.9. The molecule has 0 fully saturated rings. The highest BCUT2D eigenvalue weighted by Gasteiger charge is 2.17. The number of phosphoric ester groups is 1. The summed E-state index contributed by atoms with van der Waals surface area (Å²) in [6, 6.07) is 0. The van der Waals surface area contributed by atoms with E-state index in [1.54, 1.807) is 14.2 Å². The molecule has 0 aromatic carbocycles. The smallest absolute Gasteiger partial charge is 0.447 e. The van der Waals surface area contributed by atoms with Crippen LogP contribution in [0.15, 0.2) is 0 Å². The highest BCUT2D eigenvalue weighted by molar-refractivity contribution is 7.47. The zero-order chi connectivity index (χ0) is 26.0. The van der Waals surface area contributed by atoms with Gasteiger partial charge in [0.15, 0.2) is 0 Å². The van der Waals surface area contributed by atoms with E-state index in [4.69, 9.17) is 33.1 Å². The quantitative estimate of drug-likeness (QED) is 0.125. The Hall–Kier alpha value is -0.780. The summed E-state index contributed by atoms with van der Waals surface area (Å²) in [5.41, 5.74) is 0. The maximum atomic E-state index is 11.9. The maximum Gasteiger partial charge on any atom is 0.471 e. The Morgan fingerprint density at radius 1 is 0.771 bits per heavy atom. The molecule has 2 atom stereocenters. The predicted molar refractivity (Wildman–Crippen MR) is 133 cm³/mol. The zero-order valence-corrected chi connectivity index (χ0v) is 22.8. The van der Waals surface area contributed by atoms with Gasteiger partial charge in [-0.3, -0.25) is 9.05 Å². The van der Waals surface area contributed by atoms with Gasteiger partial charge in [-0.2, -0.15) is 0 Å². The van der Waals surface area contributed by atoms with E-state index < -0.39 is 13.9 Å². The first kappa shape index (κ1) is 34.2. The van der Waals surface area contributed by atoms with Crippen molar-refractivity contribution in [2.45, 2.75) is 70.3 Å². The number of hydrogen-bond donors (Lipinski definition) is 2. The summed E-state index contributed by atoms with van der Waals surface area (Å²) in [6.07, 6.45) is 9.86. The van der Waals surface area contributed by atoms with Crippen LogP contribution in [0.1, 0.15) is 64.2 Å². The minimum Gasteiger partial charge on any atom is -0.447 e. The molecule has 0 heterocycles. The van der Waals surface area contributed by atoms with Crippen LogP contribution in [0.3, 0.4) is 0 Å². The molecule has 2 unspecified atom stereocenters. The minimum atomic E-state index is -3.83. The lowest BCUT2D eigenvalue weighted by Gasteiger charge is -2.18. The molecule has 11 nitrogen and oxygen atoms in total. The third kappa shape index (κ3) is 24.7. The molecule has 0 rings (SSSR count). The van der Waals surface area contributed by atoms with Crippen molar-refractivity contribution in [3.8, 4) is 0 Å². The Balaban J connectivity index is 3.57. The lowest BCUT2D eigenvalue weighted by atomic mass is 10.1. The first-order chi connectivity index (χ1) is 16.9. The Morgan fingerprint density at radius 3 is 1.94 bits per heavy atom. The van der Waals surface area contributed by atoms with E-state index in [9.17, 15) is 9.36 Å². The number of unbranched alkanes of at least 4 members (excludes halogenated alkanes) is 9. The van der Waals surface area contributed by atoms with Crippen molar-refractivity contribution in [1.29, 1.82) is 0 Å². The van der Waals surface area contributed by atoms with Gasteiger partial charge in [-0.15, -0.1) is 0 Å². The molecule has 0 aliphatic carbocycles. The van der Waals surface area contributed by atoms with Crippen LogP contribution in [0.2, 0.25) is 0 Å². The van der Waals surface area contributed by atoms with Crippen LogP contribution in [0, 0.1) is 0 Å². The fraction of sp³-hybridized carbons (Fsp3) is 0.957. The summed E-state index contributed by atoms with van der Waals surface area (Å²) in [4.78, 5) is 21.0. The number of methoxy groups -OCH3 is 2. The van der Waals surface area contributed by atoms with Crippen molar-refractivity contribution in [2.75, 3.05) is 74.1 Å². The van der Waals surface area contributed by atoms with Gasteiger partial charge in [-0.1, -0.05) is 51.4 Å². The number of phosphoric acid groups is 1. The zero-order valence-electron chi connectivity index (χ0n) is 21.9. The van der Waals surface area contributed by atoms with Gasteiger partial charge in [0.05, 0.1) is 39.6 Å². The summed E-state index contributed by atoms with van der Waals surface area (Å²) >= 11 is 0. The molecule has 0 aromatic heterocycles. The molecule has 12 heteroatoms. The van der Waals surface area contributed by atoms with Gasteiger partial charge < -0.3 is 33.9 Å². The first-order valence-corrected chi connectivity index (χ1v) is 14.1. The number of carbonyl (C=O) groups is 1. The Labute approximate surface area is 211 Å². The second-order valence-corrected chi connectivity index (χ2v) is 9.66. The standard InChI is InChI=1S/C23H48NO10P/c1-28-16-18-31-20-22(32-19-17-29-2)21-33-23(25)24-14-12-10-8-6-4-5-7-9-11-13-15-34-35(26,27)30-3/h22H,4-21H2,1-3H3,(H,24,25)(H,26,27). The molecule has 0 bridgehead atoms. The van der Waals surface area contributed by atoms with Gasteiger partial charge in [0.25, 0.3) is 0 Å². The lowest BCUT2D eigenvalue weighted by molar-refractivity contribution is -0.0624. The van der Waals surface area contributed by atoms with E-state index in [0.29, 0.717) is 39.6 Å². The molecule has 0 radical (unpaired) electrons. The monoisotopic (exact) mass is 529 g/mol. The molecular weight excluding hydrogens is 481 g/mol. The molecule has 0 aliphatic heterocycles. The van der Waals surface area contributed by atoms with Gasteiger partial charge in [0, 0.05) is 27.9 Å². The lowest BCUT2D eigenvalue weighted by Crippen LogP contribution is -2.33. The average Bonchev–Trinajstić information content (AvgIpc) is 2.84. The second-order valence-electron chi connectivity index (χ2n) is 8.10. The highest BCUT2D eigenvalue weighted by atomic mass is 31.2. The predicted octanol–water partition coefficient (Wildman–Crippen LogP) is 4.07. The number of amides is 1. The van der Waals surface area contributed by atoms with Crippen LogP contribution in [-0.2, 0) is 37.3 Å². The Kier molecular flexibility index (Phi) is 24.3. The topological polar surface area (TPSA) is 131 Å². The Bertz CT molecular complexity index is 527. The van der Waals surface area contributed by atoms with Crippen molar-refractivity contribution in [3.63, 3.8) is 0 Å². The fourth-order valence-corrected chi connectivity index (χ4v) is 3.55. The van der Waals surface area contributed by atoms with E-state index in [1.807, 2.05) is 0 Å². The SMILES string of the molecule is COCCOCC(COC(=O)NCCCCCCCCCCCCOP(=O)(O)OC)OCCOC. The van der Waals surface area contributed by atoms with Crippen molar-refractivity contribution in [2.24, 2.45) is 0 Å². The van der Waals surface area contributed by atoms with Crippen molar-refractivity contribution >= 4 is 13.9 Å².